The summed E-state index contributed by atoms with van der Waals surface area (Å²) in [5.41, 5.74) is 1.97. The van der Waals surface area contributed by atoms with E-state index in [2.05, 4.69) is 21.6 Å². The molecule has 2 aromatic heterocycles. The Labute approximate surface area is 144 Å². The van der Waals surface area contributed by atoms with Crippen molar-refractivity contribution < 1.29 is 4.79 Å². The van der Waals surface area contributed by atoms with Crippen LogP contribution in [0.3, 0.4) is 0 Å². The van der Waals surface area contributed by atoms with E-state index in [9.17, 15) is 4.79 Å². The largest absolute Gasteiger partial charge is 0.329 e. The maximum atomic E-state index is 13.0. The SMILES string of the molecule is Cc1nn(-c2ccccc2)nc1C(=O)N1CCCC1c1cccs1. The summed E-state index contributed by atoms with van der Waals surface area (Å²) >= 11 is 1.71. The highest BCUT2D eigenvalue weighted by molar-refractivity contribution is 7.10. The van der Waals surface area contributed by atoms with Crippen molar-refractivity contribution in [1.29, 1.82) is 0 Å². The molecule has 1 aliphatic heterocycles. The minimum absolute atomic E-state index is 0.0226. The highest BCUT2D eigenvalue weighted by Crippen LogP contribution is 2.35. The van der Waals surface area contributed by atoms with E-state index in [1.165, 1.54) is 4.88 Å². The maximum Gasteiger partial charge on any atom is 0.276 e. The molecule has 122 valence electrons. The van der Waals surface area contributed by atoms with Crippen molar-refractivity contribution in [1.82, 2.24) is 19.9 Å². The van der Waals surface area contributed by atoms with Crippen molar-refractivity contribution in [2.75, 3.05) is 6.54 Å². The number of amides is 1. The van der Waals surface area contributed by atoms with Crippen LogP contribution >= 0.6 is 11.3 Å². The minimum Gasteiger partial charge on any atom is -0.329 e. The molecule has 0 N–H and O–H groups in total. The van der Waals surface area contributed by atoms with Crippen LogP contribution in [0.5, 0.6) is 0 Å². The Morgan fingerprint density at radius 3 is 2.75 bits per heavy atom. The Hall–Kier alpha value is -2.47. The highest BCUT2D eigenvalue weighted by atomic mass is 32.1. The summed E-state index contributed by atoms with van der Waals surface area (Å²) in [5.74, 6) is -0.0226. The van der Waals surface area contributed by atoms with Crippen LogP contribution in [0.1, 0.15) is 39.9 Å². The summed E-state index contributed by atoms with van der Waals surface area (Å²) in [6.45, 7) is 2.62. The number of carbonyl (C=O) groups is 1. The first-order valence-electron chi connectivity index (χ1n) is 8.08. The molecule has 0 bridgehead atoms. The normalized spacial score (nSPS) is 17.4. The molecule has 6 heteroatoms. The molecular weight excluding hydrogens is 320 g/mol. The number of aryl methyl sites for hydroxylation is 1. The summed E-state index contributed by atoms with van der Waals surface area (Å²) in [6, 6.07) is 14.0. The Balaban J connectivity index is 1.64. The highest BCUT2D eigenvalue weighted by Gasteiger charge is 2.33. The summed E-state index contributed by atoms with van der Waals surface area (Å²) in [6.07, 6.45) is 2.04. The molecule has 0 spiro atoms. The van der Waals surface area contributed by atoms with Crippen LogP contribution < -0.4 is 0 Å². The lowest BCUT2D eigenvalue weighted by molar-refractivity contribution is 0.0730. The van der Waals surface area contributed by atoms with Gasteiger partial charge in [-0.05, 0) is 43.3 Å². The van der Waals surface area contributed by atoms with E-state index < -0.39 is 0 Å². The van der Waals surface area contributed by atoms with Crippen LogP contribution in [0.4, 0.5) is 0 Å². The number of likely N-dealkylation sites (tertiary alicyclic amines) is 1. The Morgan fingerprint density at radius 2 is 2.00 bits per heavy atom. The van der Waals surface area contributed by atoms with Crippen molar-refractivity contribution in [2.24, 2.45) is 0 Å². The van der Waals surface area contributed by atoms with Crippen LogP contribution in [0, 0.1) is 6.92 Å². The number of thiophene rings is 1. The predicted molar refractivity (Wildman–Crippen MR) is 93.4 cm³/mol. The van der Waals surface area contributed by atoms with Gasteiger partial charge in [-0.1, -0.05) is 24.3 Å². The van der Waals surface area contributed by atoms with E-state index in [4.69, 9.17) is 0 Å². The molecule has 24 heavy (non-hydrogen) atoms. The van der Waals surface area contributed by atoms with Gasteiger partial charge in [-0.25, -0.2) is 0 Å². The topological polar surface area (TPSA) is 51.0 Å². The molecule has 1 aromatic carbocycles. The van der Waals surface area contributed by atoms with Gasteiger partial charge in [0.05, 0.1) is 17.4 Å². The predicted octanol–water partition coefficient (Wildman–Crippen LogP) is 3.61. The fourth-order valence-corrected chi connectivity index (χ4v) is 4.05. The van der Waals surface area contributed by atoms with Crippen molar-refractivity contribution >= 4 is 17.2 Å². The maximum absolute atomic E-state index is 13.0. The van der Waals surface area contributed by atoms with Crippen molar-refractivity contribution in [3.8, 4) is 5.69 Å². The number of benzene rings is 1. The molecule has 1 atom stereocenters. The lowest BCUT2D eigenvalue weighted by atomic mass is 10.2. The fourth-order valence-electron chi connectivity index (χ4n) is 3.18. The van der Waals surface area contributed by atoms with E-state index in [0.717, 1.165) is 25.1 Å². The molecule has 1 unspecified atom stereocenters. The minimum atomic E-state index is -0.0226. The third kappa shape index (κ3) is 2.63. The zero-order chi connectivity index (χ0) is 16.5. The number of hydrogen-bond donors (Lipinski definition) is 0. The van der Waals surface area contributed by atoms with Crippen molar-refractivity contribution in [2.45, 2.75) is 25.8 Å². The lowest BCUT2D eigenvalue weighted by Crippen LogP contribution is -2.31. The number of para-hydroxylation sites is 1. The zero-order valence-corrected chi connectivity index (χ0v) is 14.2. The number of carbonyl (C=O) groups excluding carboxylic acids is 1. The van der Waals surface area contributed by atoms with E-state index in [-0.39, 0.29) is 11.9 Å². The van der Waals surface area contributed by atoms with Crippen molar-refractivity contribution in [3.05, 3.63) is 64.1 Å². The Morgan fingerprint density at radius 1 is 1.17 bits per heavy atom. The van der Waals surface area contributed by atoms with Crippen LogP contribution in [-0.2, 0) is 0 Å². The van der Waals surface area contributed by atoms with Crippen molar-refractivity contribution in [3.63, 3.8) is 0 Å². The Kier molecular flexibility index (Phi) is 3.90. The summed E-state index contributed by atoms with van der Waals surface area (Å²) in [5, 5.41) is 10.9. The second-order valence-corrected chi connectivity index (χ2v) is 6.91. The summed E-state index contributed by atoms with van der Waals surface area (Å²) in [4.78, 5) is 17.8. The van der Waals surface area contributed by atoms with Crippen LogP contribution in [0.15, 0.2) is 47.8 Å². The van der Waals surface area contributed by atoms with E-state index in [1.54, 1.807) is 16.1 Å². The monoisotopic (exact) mass is 338 g/mol. The van der Waals surface area contributed by atoms with Gasteiger partial charge in [0, 0.05) is 11.4 Å². The van der Waals surface area contributed by atoms with Gasteiger partial charge in [0.2, 0.25) is 0 Å². The van der Waals surface area contributed by atoms with Gasteiger partial charge in [0.1, 0.15) is 0 Å². The summed E-state index contributed by atoms with van der Waals surface area (Å²) < 4.78 is 0. The second kappa shape index (κ2) is 6.20. The van der Waals surface area contributed by atoms with E-state index >= 15 is 0 Å². The van der Waals surface area contributed by atoms with Gasteiger partial charge in [-0.15, -0.1) is 16.4 Å². The number of hydrogen-bond acceptors (Lipinski definition) is 4. The zero-order valence-electron chi connectivity index (χ0n) is 13.4. The van der Waals surface area contributed by atoms with Gasteiger partial charge in [0.15, 0.2) is 5.69 Å². The van der Waals surface area contributed by atoms with Crippen LogP contribution in [0.2, 0.25) is 0 Å². The van der Waals surface area contributed by atoms with Crippen LogP contribution in [-0.4, -0.2) is 32.3 Å². The van der Waals surface area contributed by atoms with E-state index in [0.29, 0.717) is 11.4 Å². The van der Waals surface area contributed by atoms with E-state index in [1.807, 2.05) is 48.2 Å². The molecule has 1 aliphatic rings. The third-order valence-electron chi connectivity index (χ3n) is 4.36. The molecule has 1 saturated heterocycles. The molecule has 0 aliphatic carbocycles. The lowest BCUT2D eigenvalue weighted by Gasteiger charge is -2.23. The molecular formula is C18H18N4OS. The molecule has 5 nitrogen and oxygen atoms in total. The van der Waals surface area contributed by atoms with Gasteiger partial charge in [0.25, 0.3) is 5.91 Å². The quantitative estimate of drug-likeness (QED) is 0.733. The molecule has 0 saturated carbocycles. The van der Waals surface area contributed by atoms with Gasteiger partial charge >= 0.3 is 0 Å². The smallest absolute Gasteiger partial charge is 0.276 e. The number of aromatic nitrogens is 3. The molecule has 3 aromatic rings. The number of nitrogens with zero attached hydrogens (tertiary/aromatic N) is 4. The molecule has 0 radical (unpaired) electrons. The third-order valence-corrected chi connectivity index (χ3v) is 5.33. The van der Waals surface area contributed by atoms with Gasteiger partial charge in [-0.3, -0.25) is 4.79 Å². The molecule has 1 amide bonds. The van der Waals surface area contributed by atoms with Crippen LogP contribution in [0.25, 0.3) is 5.69 Å². The van der Waals surface area contributed by atoms with Gasteiger partial charge in [-0.2, -0.15) is 9.90 Å². The second-order valence-electron chi connectivity index (χ2n) is 5.93. The average molecular weight is 338 g/mol. The molecule has 4 rings (SSSR count). The molecule has 1 fully saturated rings. The first-order valence-corrected chi connectivity index (χ1v) is 8.96. The summed E-state index contributed by atoms with van der Waals surface area (Å²) in [7, 11) is 0. The first kappa shape index (κ1) is 15.1. The Bertz CT molecular complexity index is 841. The fraction of sp³-hybridized carbons (Fsp3) is 0.278. The standard InChI is InChI=1S/C18H18N4OS/c1-13-17(20-22(19-13)14-7-3-2-4-8-14)18(23)21-11-5-9-15(21)16-10-6-12-24-16/h2-4,6-8,10,12,15H,5,9,11H2,1H3. The van der Waals surface area contributed by atoms with Gasteiger partial charge < -0.3 is 4.90 Å². The molecule has 3 heterocycles. The first-order chi connectivity index (χ1) is 11.7. The average Bonchev–Trinajstić information content (AvgIpc) is 3.35. The number of rotatable bonds is 3.